The molecule has 1 aromatic rings. The summed E-state index contributed by atoms with van der Waals surface area (Å²) in [5.74, 6) is 0. The van der Waals surface area contributed by atoms with Gasteiger partial charge in [-0.05, 0) is 37.6 Å². The highest BCUT2D eigenvalue weighted by molar-refractivity contribution is 6.31. The fourth-order valence-electron chi connectivity index (χ4n) is 2.90. The van der Waals surface area contributed by atoms with E-state index in [9.17, 15) is 0 Å². The van der Waals surface area contributed by atoms with Gasteiger partial charge in [0.25, 0.3) is 0 Å². The number of aromatic nitrogens is 1. The lowest BCUT2D eigenvalue weighted by Gasteiger charge is -2.37. The molecule has 5 heteroatoms. The van der Waals surface area contributed by atoms with Crippen molar-refractivity contribution in [2.45, 2.75) is 38.8 Å². The third-order valence-electron chi connectivity index (χ3n) is 3.93. The molecular weight excluding hydrogens is 286 g/mol. The molecule has 1 fully saturated rings. The molecular formula is C16H26ClN3O. The first kappa shape index (κ1) is 16.7. The van der Waals surface area contributed by atoms with Crippen LogP contribution in [0.1, 0.15) is 25.8 Å². The van der Waals surface area contributed by atoms with Crippen molar-refractivity contribution in [2.24, 2.45) is 0 Å². The summed E-state index contributed by atoms with van der Waals surface area (Å²) in [6.45, 7) is 9.29. The maximum Gasteiger partial charge on any atom is 0.0858 e. The van der Waals surface area contributed by atoms with Gasteiger partial charge >= 0.3 is 0 Å². The van der Waals surface area contributed by atoms with Crippen LogP contribution < -0.4 is 5.32 Å². The number of hydrogen-bond acceptors (Lipinski definition) is 4. The summed E-state index contributed by atoms with van der Waals surface area (Å²) in [4.78, 5) is 6.55. The third-order valence-corrected chi connectivity index (χ3v) is 4.27. The molecule has 2 heterocycles. The second-order valence-electron chi connectivity index (χ2n) is 5.55. The van der Waals surface area contributed by atoms with E-state index in [1.54, 1.807) is 12.4 Å². The van der Waals surface area contributed by atoms with E-state index in [2.05, 4.69) is 29.0 Å². The largest absolute Gasteiger partial charge is 0.374 e. The van der Waals surface area contributed by atoms with Gasteiger partial charge in [0, 0.05) is 31.5 Å². The maximum absolute atomic E-state index is 6.24. The van der Waals surface area contributed by atoms with Gasteiger partial charge < -0.3 is 10.1 Å². The zero-order chi connectivity index (χ0) is 15.1. The highest BCUT2D eigenvalue weighted by Gasteiger charge is 2.27. The molecule has 1 saturated heterocycles. The summed E-state index contributed by atoms with van der Waals surface area (Å²) in [7, 11) is 0. The van der Waals surface area contributed by atoms with Gasteiger partial charge in [-0.2, -0.15) is 0 Å². The van der Waals surface area contributed by atoms with Crippen molar-refractivity contribution in [3.8, 4) is 0 Å². The van der Waals surface area contributed by atoms with Crippen LogP contribution >= 0.6 is 11.6 Å². The van der Waals surface area contributed by atoms with E-state index < -0.39 is 0 Å². The second kappa shape index (κ2) is 8.69. The lowest BCUT2D eigenvalue weighted by atomic mass is 10.0. The van der Waals surface area contributed by atoms with Crippen LogP contribution in [-0.4, -0.2) is 54.8 Å². The van der Waals surface area contributed by atoms with Crippen molar-refractivity contribution in [2.75, 3.05) is 32.8 Å². The average Bonchev–Trinajstić information content (AvgIpc) is 2.49. The Bertz CT molecular complexity index is 428. The first-order chi connectivity index (χ1) is 10.2. The molecule has 1 aliphatic heterocycles. The van der Waals surface area contributed by atoms with Gasteiger partial charge in [-0.15, -0.1) is 0 Å². The molecule has 0 spiro atoms. The number of nitrogens with one attached hydrogen (secondary N) is 1. The predicted molar refractivity (Wildman–Crippen MR) is 86.9 cm³/mol. The second-order valence-corrected chi connectivity index (χ2v) is 5.95. The molecule has 0 aliphatic carbocycles. The SMILES string of the molecule is CCCN1CCOC(C(Cc2ccncc2Cl)NCC)C1. The monoisotopic (exact) mass is 311 g/mol. The molecule has 118 valence electrons. The molecule has 1 aliphatic rings. The highest BCUT2D eigenvalue weighted by Crippen LogP contribution is 2.19. The van der Waals surface area contributed by atoms with Crippen molar-refractivity contribution in [3.63, 3.8) is 0 Å². The molecule has 2 unspecified atom stereocenters. The molecule has 0 bridgehead atoms. The number of nitrogens with zero attached hydrogens (tertiary/aromatic N) is 2. The number of ether oxygens (including phenoxy) is 1. The lowest BCUT2D eigenvalue weighted by Crippen LogP contribution is -2.53. The van der Waals surface area contributed by atoms with Crippen LogP contribution in [0.3, 0.4) is 0 Å². The van der Waals surface area contributed by atoms with E-state index in [0.29, 0.717) is 0 Å². The standard InChI is InChI=1S/C16H26ClN3O/c1-3-7-20-8-9-21-16(12-20)15(19-4-2)10-13-5-6-18-11-14(13)17/h5-6,11,15-16,19H,3-4,7-10,12H2,1-2H3. The number of morpholine rings is 1. The number of hydrogen-bond donors (Lipinski definition) is 1. The Morgan fingerprint density at radius 1 is 1.52 bits per heavy atom. The molecule has 4 nitrogen and oxygen atoms in total. The summed E-state index contributed by atoms with van der Waals surface area (Å²) in [6.07, 6.45) is 5.80. The van der Waals surface area contributed by atoms with E-state index >= 15 is 0 Å². The Hall–Kier alpha value is -0.680. The van der Waals surface area contributed by atoms with E-state index in [4.69, 9.17) is 16.3 Å². The van der Waals surface area contributed by atoms with Crippen LogP contribution in [0, 0.1) is 0 Å². The Morgan fingerprint density at radius 3 is 3.10 bits per heavy atom. The number of rotatable bonds is 7. The quantitative estimate of drug-likeness (QED) is 0.839. The number of pyridine rings is 1. The van der Waals surface area contributed by atoms with Crippen molar-refractivity contribution in [1.82, 2.24) is 15.2 Å². The predicted octanol–water partition coefficient (Wildman–Crippen LogP) is 2.37. The van der Waals surface area contributed by atoms with E-state index in [-0.39, 0.29) is 12.1 Å². The highest BCUT2D eigenvalue weighted by atomic mass is 35.5. The van der Waals surface area contributed by atoms with E-state index in [1.165, 1.54) is 6.42 Å². The van der Waals surface area contributed by atoms with Gasteiger partial charge in [-0.3, -0.25) is 9.88 Å². The van der Waals surface area contributed by atoms with E-state index in [0.717, 1.165) is 49.8 Å². The fourth-order valence-corrected chi connectivity index (χ4v) is 3.09. The van der Waals surface area contributed by atoms with Gasteiger partial charge in [0.1, 0.15) is 0 Å². The third kappa shape index (κ3) is 4.92. The number of likely N-dealkylation sites (N-methyl/N-ethyl adjacent to an activating group) is 1. The minimum atomic E-state index is 0.217. The zero-order valence-corrected chi connectivity index (χ0v) is 13.8. The summed E-state index contributed by atoms with van der Waals surface area (Å²) in [5.41, 5.74) is 1.13. The molecule has 0 amide bonds. The summed E-state index contributed by atoms with van der Waals surface area (Å²) in [5, 5.41) is 4.30. The van der Waals surface area contributed by atoms with Crippen molar-refractivity contribution in [1.29, 1.82) is 0 Å². The molecule has 0 aromatic carbocycles. The lowest BCUT2D eigenvalue weighted by molar-refractivity contribution is -0.0459. The minimum absolute atomic E-state index is 0.217. The first-order valence-electron chi connectivity index (χ1n) is 7.90. The summed E-state index contributed by atoms with van der Waals surface area (Å²) in [6, 6.07) is 2.29. The van der Waals surface area contributed by atoms with Gasteiger partial charge in [0.05, 0.1) is 17.7 Å². The van der Waals surface area contributed by atoms with Crippen LogP contribution in [-0.2, 0) is 11.2 Å². The summed E-state index contributed by atoms with van der Waals surface area (Å²) >= 11 is 6.24. The van der Waals surface area contributed by atoms with Crippen molar-refractivity contribution in [3.05, 3.63) is 29.0 Å². The molecule has 2 rings (SSSR count). The summed E-state index contributed by atoms with van der Waals surface area (Å²) < 4.78 is 6.02. The molecule has 21 heavy (non-hydrogen) atoms. The molecule has 1 N–H and O–H groups in total. The van der Waals surface area contributed by atoms with Gasteiger partial charge in [-0.1, -0.05) is 25.4 Å². The van der Waals surface area contributed by atoms with E-state index in [1.807, 2.05) is 6.07 Å². The minimum Gasteiger partial charge on any atom is -0.374 e. The number of halogens is 1. The van der Waals surface area contributed by atoms with Crippen molar-refractivity contribution < 1.29 is 4.74 Å². The van der Waals surface area contributed by atoms with Gasteiger partial charge in [0.15, 0.2) is 0 Å². The maximum atomic E-state index is 6.24. The first-order valence-corrected chi connectivity index (χ1v) is 8.28. The Labute approximate surface area is 132 Å². The van der Waals surface area contributed by atoms with Crippen LogP contribution in [0.25, 0.3) is 0 Å². The molecule has 1 aromatic heterocycles. The molecule has 0 saturated carbocycles. The van der Waals surface area contributed by atoms with Gasteiger partial charge in [-0.25, -0.2) is 0 Å². The Morgan fingerprint density at radius 2 is 2.38 bits per heavy atom. The molecule has 2 atom stereocenters. The van der Waals surface area contributed by atoms with Crippen LogP contribution in [0.2, 0.25) is 5.02 Å². The smallest absolute Gasteiger partial charge is 0.0858 e. The Kier molecular flexibility index (Phi) is 6.90. The Balaban J connectivity index is 2.02. The van der Waals surface area contributed by atoms with Gasteiger partial charge in [0.2, 0.25) is 0 Å². The fraction of sp³-hybridized carbons (Fsp3) is 0.688. The normalized spacial score (nSPS) is 21.4. The zero-order valence-electron chi connectivity index (χ0n) is 13.0. The van der Waals surface area contributed by atoms with Crippen LogP contribution in [0.4, 0.5) is 0 Å². The van der Waals surface area contributed by atoms with Crippen LogP contribution in [0.15, 0.2) is 18.5 Å². The van der Waals surface area contributed by atoms with Crippen LogP contribution in [0.5, 0.6) is 0 Å². The average molecular weight is 312 g/mol. The van der Waals surface area contributed by atoms with Crippen molar-refractivity contribution >= 4 is 11.6 Å². The topological polar surface area (TPSA) is 37.4 Å². The molecule has 0 radical (unpaired) electrons.